The van der Waals surface area contributed by atoms with Crippen LogP contribution in [0.5, 0.6) is 0 Å². The fraction of sp³-hybridized carbons (Fsp3) is 0.556. The number of aryl methyl sites for hydroxylation is 1. The molecule has 0 aromatic heterocycles. The number of ether oxygens (including phenoxy) is 1. The highest BCUT2D eigenvalue weighted by Crippen LogP contribution is 2.28. The van der Waals surface area contributed by atoms with Crippen LogP contribution in [0.4, 0.5) is 4.79 Å². The van der Waals surface area contributed by atoms with Gasteiger partial charge in [-0.2, -0.15) is 0 Å². The van der Waals surface area contributed by atoms with Crippen molar-refractivity contribution in [1.29, 1.82) is 0 Å². The Morgan fingerprint density at radius 3 is 2.39 bits per heavy atom. The Morgan fingerprint density at radius 2 is 1.87 bits per heavy atom. The van der Waals surface area contributed by atoms with E-state index in [1.807, 2.05) is 31.2 Å². The molecule has 1 amide bonds. The van der Waals surface area contributed by atoms with E-state index >= 15 is 0 Å². The summed E-state index contributed by atoms with van der Waals surface area (Å²) in [5, 5.41) is 11.4. The molecular weight excluding hydrogens is 294 g/mol. The van der Waals surface area contributed by atoms with E-state index in [0.717, 1.165) is 12.0 Å². The Balaban J connectivity index is 2.06. The molecular formula is C18H24NO4-. The Bertz CT molecular complexity index is 574. The molecule has 1 aromatic carbocycles. The molecule has 0 radical (unpaired) electrons. The van der Waals surface area contributed by atoms with Gasteiger partial charge in [-0.15, -0.1) is 0 Å². The van der Waals surface area contributed by atoms with E-state index in [9.17, 15) is 14.7 Å². The van der Waals surface area contributed by atoms with Crippen LogP contribution in [0.15, 0.2) is 24.3 Å². The summed E-state index contributed by atoms with van der Waals surface area (Å²) in [5.41, 5.74) is 1.68. The second-order valence-corrected chi connectivity index (χ2v) is 7.26. The van der Waals surface area contributed by atoms with Crippen molar-refractivity contribution in [3.8, 4) is 0 Å². The molecule has 5 heteroatoms. The average molecular weight is 318 g/mol. The first-order valence-electron chi connectivity index (χ1n) is 7.92. The zero-order valence-electron chi connectivity index (χ0n) is 14.2. The average Bonchev–Trinajstić information content (AvgIpc) is 2.84. The highest BCUT2D eigenvalue weighted by atomic mass is 16.6. The molecule has 23 heavy (non-hydrogen) atoms. The Labute approximate surface area is 137 Å². The lowest BCUT2D eigenvalue weighted by atomic mass is 9.96. The van der Waals surface area contributed by atoms with Gasteiger partial charge in [-0.1, -0.05) is 29.8 Å². The summed E-state index contributed by atoms with van der Waals surface area (Å²) in [7, 11) is 0. The lowest BCUT2D eigenvalue weighted by Crippen LogP contribution is -2.48. The summed E-state index contributed by atoms with van der Waals surface area (Å²) in [6.07, 6.45) is 0.553. The summed E-state index contributed by atoms with van der Waals surface area (Å²) in [4.78, 5) is 24.9. The van der Waals surface area contributed by atoms with Gasteiger partial charge >= 0.3 is 6.09 Å². The predicted octanol–water partition coefficient (Wildman–Crippen LogP) is 1.91. The third-order valence-corrected chi connectivity index (χ3v) is 3.93. The normalized spacial score (nSPS) is 21.3. The van der Waals surface area contributed by atoms with E-state index in [2.05, 4.69) is 0 Å². The SMILES string of the molecule is Cc1ccc(C[C@@H]2C[C@@H](C(=O)[O-])N(C(=O)OC(C)(C)C)C2)cc1. The van der Waals surface area contributed by atoms with E-state index in [1.54, 1.807) is 20.8 Å². The minimum atomic E-state index is -1.22. The third kappa shape index (κ3) is 4.71. The smallest absolute Gasteiger partial charge is 0.410 e. The zero-order chi connectivity index (χ0) is 17.2. The second kappa shape index (κ2) is 6.60. The summed E-state index contributed by atoms with van der Waals surface area (Å²) < 4.78 is 5.31. The third-order valence-electron chi connectivity index (χ3n) is 3.93. The molecule has 0 N–H and O–H groups in total. The molecule has 0 bridgehead atoms. The summed E-state index contributed by atoms with van der Waals surface area (Å²) in [6.45, 7) is 7.69. The highest BCUT2D eigenvalue weighted by Gasteiger charge is 2.38. The Hall–Kier alpha value is -2.04. The fourth-order valence-electron chi connectivity index (χ4n) is 2.87. The topological polar surface area (TPSA) is 69.7 Å². The van der Waals surface area contributed by atoms with Gasteiger partial charge in [-0.25, -0.2) is 4.79 Å². The van der Waals surface area contributed by atoms with Gasteiger partial charge in [-0.05, 0) is 52.0 Å². The number of likely N-dealkylation sites (tertiary alicyclic amines) is 1. The van der Waals surface area contributed by atoms with Crippen LogP contribution >= 0.6 is 0 Å². The van der Waals surface area contributed by atoms with Crippen LogP contribution < -0.4 is 5.11 Å². The zero-order valence-corrected chi connectivity index (χ0v) is 14.2. The van der Waals surface area contributed by atoms with E-state index < -0.39 is 23.7 Å². The summed E-state index contributed by atoms with van der Waals surface area (Å²) >= 11 is 0. The van der Waals surface area contributed by atoms with Crippen LogP contribution in [0.3, 0.4) is 0 Å². The van der Waals surface area contributed by atoms with Gasteiger partial charge < -0.3 is 14.6 Å². The monoisotopic (exact) mass is 318 g/mol. The Morgan fingerprint density at radius 1 is 1.26 bits per heavy atom. The number of rotatable bonds is 3. The number of benzene rings is 1. The van der Waals surface area contributed by atoms with Crippen molar-refractivity contribution in [3.05, 3.63) is 35.4 Å². The molecule has 2 atom stereocenters. The van der Waals surface area contributed by atoms with Gasteiger partial charge in [0.15, 0.2) is 0 Å². The van der Waals surface area contributed by atoms with E-state index in [0.29, 0.717) is 13.0 Å². The van der Waals surface area contributed by atoms with Crippen LogP contribution in [-0.4, -0.2) is 35.2 Å². The quantitative estimate of drug-likeness (QED) is 0.853. The van der Waals surface area contributed by atoms with Crippen LogP contribution in [0.25, 0.3) is 0 Å². The molecule has 1 aliphatic rings. The second-order valence-electron chi connectivity index (χ2n) is 7.26. The molecule has 1 heterocycles. The van der Waals surface area contributed by atoms with Crippen molar-refractivity contribution in [1.82, 2.24) is 4.90 Å². The molecule has 1 fully saturated rings. The van der Waals surface area contributed by atoms with E-state index in [1.165, 1.54) is 10.5 Å². The fourth-order valence-corrected chi connectivity index (χ4v) is 2.87. The van der Waals surface area contributed by atoms with Crippen molar-refractivity contribution >= 4 is 12.1 Å². The van der Waals surface area contributed by atoms with Crippen LogP contribution in [-0.2, 0) is 16.0 Å². The molecule has 0 aliphatic carbocycles. The maximum Gasteiger partial charge on any atom is 0.410 e. The summed E-state index contributed by atoms with van der Waals surface area (Å²) in [5.74, 6) is -1.13. The maximum atomic E-state index is 12.2. The number of carbonyl (C=O) groups is 2. The molecule has 0 saturated carbocycles. The molecule has 1 aliphatic heterocycles. The lowest BCUT2D eigenvalue weighted by Gasteiger charge is -2.28. The van der Waals surface area contributed by atoms with Crippen molar-refractivity contribution < 1.29 is 19.4 Å². The van der Waals surface area contributed by atoms with Crippen LogP contribution in [0.2, 0.25) is 0 Å². The first-order valence-corrected chi connectivity index (χ1v) is 7.92. The molecule has 0 spiro atoms. The van der Waals surface area contributed by atoms with E-state index in [4.69, 9.17) is 4.74 Å². The number of carboxylic acids is 1. The number of amides is 1. The predicted molar refractivity (Wildman–Crippen MR) is 84.7 cm³/mol. The highest BCUT2D eigenvalue weighted by molar-refractivity contribution is 5.79. The van der Waals surface area contributed by atoms with Crippen LogP contribution in [0.1, 0.15) is 38.3 Å². The number of nitrogens with zero attached hydrogens (tertiary/aromatic N) is 1. The van der Waals surface area contributed by atoms with Crippen molar-refractivity contribution in [2.45, 2.75) is 52.2 Å². The van der Waals surface area contributed by atoms with Gasteiger partial charge in [0.2, 0.25) is 0 Å². The first-order chi connectivity index (χ1) is 10.7. The molecule has 5 nitrogen and oxygen atoms in total. The van der Waals surface area contributed by atoms with Crippen molar-refractivity contribution in [2.75, 3.05) is 6.54 Å². The minimum absolute atomic E-state index is 0.0909. The van der Waals surface area contributed by atoms with Gasteiger partial charge in [-0.3, -0.25) is 4.90 Å². The standard InChI is InChI=1S/C18H25NO4/c1-12-5-7-13(8-6-12)9-14-10-15(16(20)21)19(11-14)17(22)23-18(2,3)4/h5-8,14-15H,9-11H2,1-4H3,(H,20,21)/p-1/t14-,15+/m1/s1. The molecule has 126 valence electrons. The van der Waals surface area contributed by atoms with Gasteiger partial charge in [0, 0.05) is 6.54 Å². The molecule has 0 unspecified atom stereocenters. The van der Waals surface area contributed by atoms with Crippen molar-refractivity contribution in [2.24, 2.45) is 5.92 Å². The van der Waals surface area contributed by atoms with Crippen molar-refractivity contribution in [3.63, 3.8) is 0 Å². The number of carbonyl (C=O) groups excluding carboxylic acids is 2. The first kappa shape index (κ1) is 17.3. The maximum absolute atomic E-state index is 12.2. The number of carboxylic acid groups (broad SMARTS) is 1. The number of hydrogen-bond acceptors (Lipinski definition) is 4. The molecule has 2 rings (SSSR count). The van der Waals surface area contributed by atoms with Crippen LogP contribution in [0, 0.1) is 12.8 Å². The minimum Gasteiger partial charge on any atom is -0.548 e. The lowest BCUT2D eigenvalue weighted by molar-refractivity contribution is -0.310. The molecule has 1 saturated heterocycles. The number of hydrogen-bond donors (Lipinski definition) is 0. The summed E-state index contributed by atoms with van der Waals surface area (Å²) in [6, 6.07) is 7.23. The van der Waals surface area contributed by atoms with Gasteiger partial charge in [0.05, 0.1) is 12.0 Å². The number of aliphatic carboxylic acids is 1. The Kier molecular flexibility index (Phi) is 4.97. The van der Waals surface area contributed by atoms with E-state index in [-0.39, 0.29) is 5.92 Å². The van der Waals surface area contributed by atoms with Gasteiger partial charge in [0.1, 0.15) is 5.60 Å². The largest absolute Gasteiger partial charge is 0.548 e. The van der Waals surface area contributed by atoms with Gasteiger partial charge in [0.25, 0.3) is 0 Å². The molecule has 1 aromatic rings.